The maximum atomic E-state index is 13.0. The fourth-order valence-electron chi connectivity index (χ4n) is 1.98. The number of rotatable bonds is 5. The van der Waals surface area contributed by atoms with Crippen molar-refractivity contribution in [2.24, 2.45) is 5.92 Å². The Kier molecular flexibility index (Phi) is 4.58. The van der Waals surface area contributed by atoms with Crippen LogP contribution in [0.2, 0.25) is 0 Å². The second-order valence-corrected chi connectivity index (χ2v) is 4.48. The number of ether oxygens (including phenoxy) is 1. The fraction of sp³-hybridized carbons (Fsp3) is 0.267. The molecule has 19 heavy (non-hydrogen) atoms. The highest BCUT2D eigenvalue weighted by molar-refractivity contribution is 5.74. The molecular weight excluding hydrogens is 250 g/mol. The van der Waals surface area contributed by atoms with Gasteiger partial charge in [0.25, 0.3) is 0 Å². The Labute approximate surface area is 110 Å². The number of benzene rings is 1. The predicted molar refractivity (Wildman–Crippen MR) is 68.0 cm³/mol. The van der Waals surface area contributed by atoms with Gasteiger partial charge in [-0.15, -0.1) is 0 Å². The quantitative estimate of drug-likeness (QED) is 0.757. The summed E-state index contributed by atoms with van der Waals surface area (Å²) in [5, 5.41) is 0. The minimum atomic E-state index is -0.555. The Morgan fingerprint density at radius 1 is 1.37 bits per heavy atom. The molecule has 0 aromatic heterocycles. The van der Waals surface area contributed by atoms with Crippen LogP contribution in [0.4, 0.5) is 8.78 Å². The molecule has 1 aromatic carbocycles. The highest BCUT2D eigenvalue weighted by atomic mass is 19.1. The number of hydrogen-bond acceptors (Lipinski definition) is 2. The van der Waals surface area contributed by atoms with Crippen LogP contribution in [0.3, 0.4) is 0 Å². The summed E-state index contributed by atoms with van der Waals surface area (Å²) in [5.74, 6) is -1.30. The van der Waals surface area contributed by atoms with Crippen LogP contribution in [0.5, 0.6) is 0 Å². The van der Waals surface area contributed by atoms with Crippen LogP contribution in [0.1, 0.15) is 22.3 Å². The molecule has 1 atom stereocenters. The third-order valence-electron chi connectivity index (χ3n) is 2.83. The number of allylic oxidation sites excluding steroid dienone is 3. The monoisotopic (exact) mass is 264 g/mol. The third kappa shape index (κ3) is 4.10. The average molecular weight is 264 g/mol. The van der Waals surface area contributed by atoms with Crippen LogP contribution in [0.15, 0.2) is 48.1 Å². The van der Waals surface area contributed by atoms with Crippen molar-refractivity contribution in [3.8, 4) is 0 Å². The number of carbonyl (C=O) groups excluding carboxylic acids is 1. The highest BCUT2D eigenvalue weighted by Gasteiger charge is 2.15. The summed E-state index contributed by atoms with van der Waals surface area (Å²) in [5.41, 5.74) is 1.44. The van der Waals surface area contributed by atoms with Gasteiger partial charge in [-0.2, -0.15) is 0 Å². The fourth-order valence-corrected chi connectivity index (χ4v) is 1.98. The molecule has 1 aliphatic carbocycles. The molecule has 1 unspecified atom stereocenters. The first-order valence-electron chi connectivity index (χ1n) is 6.02. The lowest BCUT2D eigenvalue weighted by Gasteiger charge is -2.15. The summed E-state index contributed by atoms with van der Waals surface area (Å²) in [6.07, 6.45) is 3.19. The largest absolute Gasteiger partial charge is 0.376 e. The van der Waals surface area contributed by atoms with Gasteiger partial charge in [-0.05, 0) is 17.7 Å². The van der Waals surface area contributed by atoms with E-state index >= 15 is 0 Å². The molecule has 0 N–H and O–H groups in total. The molecule has 0 amide bonds. The lowest BCUT2D eigenvalue weighted by molar-refractivity contribution is 0.0968. The van der Waals surface area contributed by atoms with Gasteiger partial charge in [0.1, 0.15) is 17.9 Å². The van der Waals surface area contributed by atoms with Gasteiger partial charge in [-0.1, -0.05) is 18.2 Å². The first-order chi connectivity index (χ1) is 9.17. The van der Waals surface area contributed by atoms with E-state index < -0.39 is 11.7 Å². The third-order valence-corrected chi connectivity index (χ3v) is 2.83. The Morgan fingerprint density at radius 3 is 2.95 bits per heavy atom. The SMILES string of the molecule is O=Cc1cccc(COCC2C=C(F)C=C(F)C2)c1. The smallest absolute Gasteiger partial charge is 0.150 e. The van der Waals surface area contributed by atoms with Crippen molar-refractivity contribution in [3.05, 3.63) is 59.2 Å². The molecule has 0 saturated heterocycles. The number of aldehydes is 1. The minimum Gasteiger partial charge on any atom is -0.376 e. The molecule has 0 aliphatic heterocycles. The van der Waals surface area contributed by atoms with Crippen molar-refractivity contribution in [2.75, 3.05) is 6.61 Å². The van der Waals surface area contributed by atoms with E-state index in [2.05, 4.69) is 0 Å². The summed E-state index contributed by atoms with van der Waals surface area (Å²) in [7, 11) is 0. The van der Waals surface area contributed by atoms with E-state index in [0.29, 0.717) is 12.2 Å². The van der Waals surface area contributed by atoms with Gasteiger partial charge >= 0.3 is 0 Å². The molecular formula is C15H14F2O2. The van der Waals surface area contributed by atoms with E-state index in [4.69, 9.17) is 4.74 Å². The zero-order chi connectivity index (χ0) is 13.7. The second kappa shape index (κ2) is 6.38. The molecule has 2 rings (SSSR count). The van der Waals surface area contributed by atoms with E-state index in [1.807, 2.05) is 6.07 Å². The van der Waals surface area contributed by atoms with Crippen molar-refractivity contribution in [1.82, 2.24) is 0 Å². The molecule has 0 fully saturated rings. The molecule has 2 nitrogen and oxygen atoms in total. The molecule has 0 bridgehead atoms. The molecule has 0 heterocycles. The number of hydrogen-bond donors (Lipinski definition) is 0. The Balaban J connectivity index is 1.84. The maximum absolute atomic E-state index is 13.0. The molecule has 1 aromatic rings. The number of carbonyl (C=O) groups is 1. The van der Waals surface area contributed by atoms with Crippen LogP contribution in [-0.4, -0.2) is 12.9 Å². The molecule has 0 saturated carbocycles. The summed E-state index contributed by atoms with van der Waals surface area (Å²) >= 11 is 0. The van der Waals surface area contributed by atoms with Crippen LogP contribution < -0.4 is 0 Å². The van der Waals surface area contributed by atoms with Crippen molar-refractivity contribution in [1.29, 1.82) is 0 Å². The van der Waals surface area contributed by atoms with Gasteiger partial charge in [0.05, 0.1) is 13.2 Å². The first-order valence-corrected chi connectivity index (χ1v) is 6.02. The van der Waals surface area contributed by atoms with Crippen LogP contribution in [-0.2, 0) is 11.3 Å². The van der Waals surface area contributed by atoms with Crippen LogP contribution in [0, 0.1) is 5.92 Å². The summed E-state index contributed by atoms with van der Waals surface area (Å²) < 4.78 is 31.4. The molecule has 0 spiro atoms. The lowest BCUT2D eigenvalue weighted by Crippen LogP contribution is -2.10. The van der Waals surface area contributed by atoms with Gasteiger partial charge < -0.3 is 4.74 Å². The minimum absolute atomic E-state index is 0.168. The summed E-state index contributed by atoms with van der Waals surface area (Å²) in [6, 6.07) is 7.04. The van der Waals surface area contributed by atoms with Crippen molar-refractivity contribution >= 4 is 6.29 Å². The normalized spacial score (nSPS) is 18.7. The second-order valence-electron chi connectivity index (χ2n) is 4.48. The van der Waals surface area contributed by atoms with Gasteiger partial charge in [-0.3, -0.25) is 4.79 Å². The average Bonchev–Trinajstić information content (AvgIpc) is 2.38. The Morgan fingerprint density at radius 2 is 2.21 bits per heavy atom. The van der Waals surface area contributed by atoms with E-state index in [-0.39, 0.29) is 18.9 Å². The van der Waals surface area contributed by atoms with Crippen LogP contribution >= 0.6 is 0 Å². The van der Waals surface area contributed by atoms with Gasteiger partial charge in [-0.25, -0.2) is 8.78 Å². The first kappa shape index (κ1) is 13.6. The standard InChI is InChI=1S/C15H14F2O2/c16-14-5-13(6-15(17)7-14)10-19-9-12-3-1-2-11(4-12)8-18/h1-5,7-8,13H,6,9-10H2. The summed E-state index contributed by atoms with van der Waals surface area (Å²) in [6.45, 7) is 0.568. The lowest BCUT2D eigenvalue weighted by atomic mass is 10.0. The van der Waals surface area contributed by atoms with Crippen molar-refractivity contribution in [3.63, 3.8) is 0 Å². The van der Waals surface area contributed by atoms with E-state index in [0.717, 1.165) is 17.9 Å². The predicted octanol–water partition coefficient (Wildman–Crippen LogP) is 3.74. The summed E-state index contributed by atoms with van der Waals surface area (Å²) in [4.78, 5) is 10.6. The van der Waals surface area contributed by atoms with E-state index in [1.54, 1.807) is 18.2 Å². The molecule has 0 radical (unpaired) electrons. The van der Waals surface area contributed by atoms with Gasteiger partial charge in [0, 0.05) is 24.0 Å². The maximum Gasteiger partial charge on any atom is 0.150 e. The van der Waals surface area contributed by atoms with Crippen molar-refractivity contribution < 1.29 is 18.3 Å². The Bertz CT molecular complexity index is 521. The van der Waals surface area contributed by atoms with Gasteiger partial charge in [0.2, 0.25) is 0 Å². The van der Waals surface area contributed by atoms with E-state index in [1.165, 1.54) is 6.08 Å². The van der Waals surface area contributed by atoms with Crippen LogP contribution in [0.25, 0.3) is 0 Å². The molecule has 4 heteroatoms. The highest BCUT2D eigenvalue weighted by Crippen LogP contribution is 2.24. The molecule has 1 aliphatic rings. The zero-order valence-electron chi connectivity index (χ0n) is 10.3. The van der Waals surface area contributed by atoms with Gasteiger partial charge in [0.15, 0.2) is 0 Å². The number of halogens is 2. The van der Waals surface area contributed by atoms with Crippen molar-refractivity contribution in [2.45, 2.75) is 13.0 Å². The van der Waals surface area contributed by atoms with E-state index in [9.17, 15) is 13.6 Å². The molecule has 100 valence electrons. The Hall–Kier alpha value is -1.81. The topological polar surface area (TPSA) is 26.3 Å². The zero-order valence-corrected chi connectivity index (χ0v) is 10.3.